The van der Waals surface area contributed by atoms with E-state index in [1.165, 1.54) is 0 Å². The van der Waals surface area contributed by atoms with Gasteiger partial charge in [0.25, 0.3) is 0 Å². The van der Waals surface area contributed by atoms with Gasteiger partial charge in [-0.25, -0.2) is 0 Å². The fraction of sp³-hybridized carbons (Fsp3) is 0.385. The molecule has 4 heteroatoms. The lowest BCUT2D eigenvalue weighted by Gasteiger charge is -2.24. The normalized spacial score (nSPS) is 20.9. The third-order valence-corrected chi connectivity index (χ3v) is 3.47. The van der Waals surface area contributed by atoms with E-state index in [9.17, 15) is 0 Å². The summed E-state index contributed by atoms with van der Waals surface area (Å²) in [4.78, 5) is 3.33. The largest absolute Gasteiger partial charge is 0.371 e. The van der Waals surface area contributed by atoms with E-state index in [1.807, 2.05) is 13.0 Å². The highest BCUT2D eigenvalue weighted by Crippen LogP contribution is 2.31. The molecule has 2 N–H and O–H groups in total. The Morgan fingerprint density at radius 2 is 2.24 bits per heavy atom. The molecular formula is C13H15ClN2O. The van der Waals surface area contributed by atoms with Crippen LogP contribution < -0.4 is 5.32 Å². The van der Waals surface area contributed by atoms with Crippen molar-refractivity contribution in [3.05, 3.63) is 34.5 Å². The van der Waals surface area contributed by atoms with E-state index in [0.717, 1.165) is 46.9 Å². The van der Waals surface area contributed by atoms with Crippen molar-refractivity contribution in [2.24, 2.45) is 0 Å². The summed E-state index contributed by atoms with van der Waals surface area (Å²) in [5.41, 5.74) is 3.33. The molecule has 1 aliphatic rings. The molecule has 1 aliphatic heterocycles. The molecule has 1 fully saturated rings. The number of rotatable bonds is 1. The number of hydrogen-bond acceptors (Lipinski definition) is 2. The molecule has 1 unspecified atom stereocenters. The first kappa shape index (κ1) is 11.1. The zero-order chi connectivity index (χ0) is 11.8. The van der Waals surface area contributed by atoms with Crippen molar-refractivity contribution in [3.8, 4) is 0 Å². The number of morpholine rings is 1. The van der Waals surface area contributed by atoms with Crippen LogP contribution in [0.5, 0.6) is 0 Å². The Kier molecular flexibility index (Phi) is 2.82. The maximum Gasteiger partial charge on any atom is 0.0964 e. The average molecular weight is 251 g/mol. The van der Waals surface area contributed by atoms with Crippen molar-refractivity contribution in [2.45, 2.75) is 13.0 Å². The molecule has 1 aromatic heterocycles. The summed E-state index contributed by atoms with van der Waals surface area (Å²) in [6.07, 6.45) is 0.0595. The number of aromatic nitrogens is 1. The molecule has 3 rings (SSSR count). The SMILES string of the molecule is Cc1cc2cc(Cl)c(C3CNCCO3)cc2[nH]1. The van der Waals surface area contributed by atoms with Crippen molar-refractivity contribution in [1.29, 1.82) is 0 Å². The Labute approximate surface area is 105 Å². The number of halogens is 1. The van der Waals surface area contributed by atoms with Crippen molar-refractivity contribution in [3.63, 3.8) is 0 Å². The quantitative estimate of drug-likeness (QED) is 0.817. The van der Waals surface area contributed by atoms with E-state index in [-0.39, 0.29) is 6.10 Å². The van der Waals surface area contributed by atoms with Crippen molar-refractivity contribution in [2.75, 3.05) is 19.7 Å². The first-order chi connectivity index (χ1) is 8.24. The molecule has 1 atom stereocenters. The maximum atomic E-state index is 6.32. The smallest absolute Gasteiger partial charge is 0.0964 e. The van der Waals surface area contributed by atoms with Crippen LogP contribution in [0.3, 0.4) is 0 Å². The number of H-pyrrole nitrogens is 1. The van der Waals surface area contributed by atoms with Gasteiger partial charge in [-0.2, -0.15) is 0 Å². The number of fused-ring (bicyclic) bond motifs is 1. The molecule has 0 saturated carbocycles. The van der Waals surface area contributed by atoms with Crippen LogP contribution >= 0.6 is 11.6 Å². The predicted octanol–water partition coefficient (Wildman–Crippen LogP) is 2.79. The Hall–Kier alpha value is -1.03. The number of aryl methyl sites for hydroxylation is 1. The molecule has 3 nitrogen and oxygen atoms in total. The number of benzene rings is 1. The standard InChI is InChI=1S/C13H15ClN2O/c1-8-4-9-5-11(14)10(6-12(9)16-8)13-7-15-2-3-17-13/h4-6,13,15-16H,2-3,7H2,1H3. The number of ether oxygens (including phenoxy) is 1. The molecule has 0 spiro atoms. The number of hydrogen-bond donors (Lipinski definition) is 2. The zero-order valence-electron chi connectivity index (χ0n) is 9.72. The van der Waals surface area contributed by atoms with Gasteiger partial charge in [-0.05, 0) is 25.1 Å². The molecule has 1 saturated heterocycles. The fourth-order valence-electron chi connectivity index (χ4n) is 2.33. The molecule has 0 amide bonds. The van der Waals surface area contributed by atoms with Gasteiger partial charge < -0.3 is 15.0 Å². The molecule has 17 heavy (non-hydrogen) atoms. The van der Waals surface area contributed by atoms with Crippen LogP contribution in [0.4, 0.5) is 0 Å². The molecule has 0 bridgehead atoms. The van der Waals surface area contributed by atoms with Crippen LogP contribution in [0.25, 0.3) is 10.9 Å². The van der Waals surface area contributed by atoms with E-state index in [4.69, 9.17) is 16.3 Å². The van der Waals surface area contributed by atoms with Gasteiger partial charge >= 0.3 is 0 Å². The van der Waals surface area contributed by atoms with Crippen LogP contribution in [0, 0.1) is 6.92 Å². The minimum atomic E-state index is 0.0595. The van der Waals surface area contributed by atoms with Gasteiger partial charge in [0.2, 0.25) is 0 Å². The highest BCUT2D eigenvalue weighted by Gasteiger charge is 2.19. The molecule has 0 radical (unpaired) electrons. The Bertz CT molecular complexity index is 544. The van der Waals surface area contributed by atoms with Crippen LogP contribution in [0.2, 0.25) is 5.02 Å². The topological polar surface area (TPSA) is 37.0 Å². The lowest BCUT2D eigenvalue weighted by atomic mass is 10.1. The van der Waals surface area contributed by atoms with Crippen LogP contribution in [0.1, 0.15) is 17.4 Å². The number of nitrogens with one attached hydrogen (secondary N) is 2. The van der Waals surface area contributed by atoms with Gasteiger partial charge in [0.15, 0.2) is 0 Å². The summed E-state index contributed by atoms with van der Waals surface area (Å²) in [6.45, 7) is 4.53. The Balaban J connectivity index is 2.05. The van der Waals surface area contributed by atoms with Gasteiger partial charge in [0.1, 0.15) is 0 Å². The fourth-order valence-corrected chi connectivity index (χ4v) is 2.62. The minimum absolute atomic E-state index is 0.0595. The van der Waals surface area contributed by atoms with Gasteiger partial charge in [-0.1, -0.05) is 11.6 Å². The Morgan fingerprint density at radius 1 is 1.35 bits per heavy atom. The Morgan fingerprint density at radius 3 is 3.00 bits per heavy atom. The lowest BCUT2D eigenvalue weighted by Crippen LogP contribution is -2.33. The van der Waals surface area contributed by atoms with E-state index < -0.39 is 0 Å². The molecule has 90 valence electrons. The first-order valence-electron chi connectivity index (χ1n) is 5.85. The second kappa shape index (κ2) is 4.33. The van der Waals surface area contributed by atoms with E-state index in [0.29, 0.717) is 0 Å². The third-order valence-electron chi connectivity index (χ3n) is 3.15. The summed E-state index contributed by atoms with van der Waals surface area (Å²) < 4.78 is 5.74. The summed E-state index contributed by atoms with van der Waals surface area (Å²) in [7, 11) is 0. The highest BCUT2D eigenvalue weighted by atomic mass is 35.5. The van der Waals surface area contributed by atoms with Gasteiger partial charge in [0.05, 0.1) is 12.7 Å². The van der Waals surface area contributed by atoms with Crippen LogP contribution in [0.15, 0.2) is 18.2 Å². The summed E-state index contributed by atoms with van der Waals surface area (Å²) >= 11 is 6.32. The van der Waals surface area contributed by atoms with E-state index >= 15 is 0 Å². The first-order valence-corrected chi connectivity index (χ1v) is 6.23. The van der Waals surface area contributed by atoms with E-state index in [1.54, 1.807) is 0 Å². The monoisotopic (exact) mass is 250 g/mol. The summed E-state index contributed by atoms with van der Waals surface area (Å²) in [5, 5.41) is 5.26. The summed E-state index contributed by atoms with van der Waals surface area (Å²) in [6, 6.07) is 6.21. The second-order valence-corrected chi connectivity index (χ2v) is 4.88. The van der Waals surface area contributed by atoms with E-state index in [2.05, 4.69) is 22.4 Å². The molecule has 2 aromatic rings. The molecule has 2 heterocycles. The zero-order valence-corrected chi connectivity index (χ0v) is 10.5. The van der Waals surface area contributed by atoms with Crippen molar-refractivity contribution >= 4 is 22.5 Å². The minimum Gasteiger partial charge on any atom is -0.371 e. The van der Waals surface area contributed by atoms with Gasteiger partial charge in [-0.15, -0.1) is 0 Å². The predicted molar refractivity (Wildman–Crippen MR) is 69.6 cm³/mol. The van der Waals surface area contributed by atoms with Crippen molar-refractivity contribution < 1.29 is 4.74 Å². The lowest BCUT2D eigenvalue weighted by molar-refractivity contribution is 0.0278. The average Bonchev–Trinajstić information content (AvgIpc) is 2.68. The van der Waals surface area contributed by atoms with Crippen LogP contribution in [-0.2, 0) is 4.74 Å². The van der Waals surface area contributed by atoms with Crippen molar-refractivity contribution in [1.82, 2.24) is 10.3 Å². The van der Waals surface area contributed by atoms with Gasteiger partial charge in [-0.3, -0.25) is 0 Å². The second-order valence-electron chi connectivity index (χ2n) is 4.48. The molecular weight excluding hydrogens is 236 g/mol. The van der Waals surface area contributed by atoms with Gasteiger partial charge in [0, 0.05) is 40.3 Å². The maximum absolute atomic E-state index is 6.32. The molecule has 1 aromatic carbocycles. The highest BCUT2D eigenvalue weighted by molar-refractivity contribution is 6.32. The van der Waals surface area contributed by atoms with Crippen LogP contribution in [-0.4, -0.2) is 24.7 Å². The third kappa shape index (κ3) is 2.06. The summed E-state index contributed by atoms with van der Waals surface area (Å²) in [5.74, 6) is 0. The molecule has 0 aliphatic carbocycles. The number of aromatic amines is 1.